The maximum atomic E-state index is 11.2. The Hall–Kier alpha value is -2.99. The summed E-state index contributed by atoms with van der Waals surface area (Å²) in [6.45, 7) is 1.95. The molecule has 0 aliphatic carbocycles. The number of aliphatic imine (C=N–C) groups is 1. The summed E-state index contributed by atoms with van der Waals surface area (Å²) in [5.41, 5.74) is 3.96. The third kappa shape index (κ3) is 3.13. The number of hydrogen-bond acceptors (Lipinski definition) is 4. The van der Waals surface area contributed by atoms with E-state index >= 15 is 0 Å². The number of para-hydroxylation sites is 1. The lowest BCUT2D eigenvalue weighted by molar-refractivity contribution is -0.137. The van der Waals surface area contributed by atoms with E-state index in [1.165, 1.54) is 0 Å². The molecule has 27 heavy (non-hydrogen) atoms. The van der Waals surface area contributed by atoms with Gasteiger partial charge in [0.15, 0.2) is 0 Å². The van der Waals surface area contributed by atoms with Crippen LogP contribution in [0.15, 0.2) is 53.8 Å². The maximum Gasteiger partial charge on any atom is 0.303 e. The molecular weight excluding hydrogens is 364 g/mol. The van der Waals surface area contributed by atoms with Gasteiger partial charge in [-0.15, -0.1) is 0 Å². The highest BCUT2D eigenvalue weighted by Crippen LogP contribution is 2.36. The second-order valence-electron chi connectivity index (χ2n) is 6.37. The van der Waals surface area contributed by atoms with Crippen LogP contribution in [0, 0.1) is 6.92 Å². The van der Waals surface area contributed by atoms with Gasteiger partial charge in [0.05, 0.1) is 22.1 Å². The molecule has 0 radical (unpaired) electrons. The molecule has 0 fully saturated rings. The molecule has 1 atom stereocenters. The number of aromatic nitrogens is 3. The molecule has 0 spiro atoms. The standard InChI is InChI=1S/C20H17ClN4O2/c1-12-11-23-20-16(8-9-17(26)27)24-18(15-7-2-3-10-22-15)13-5-4-6-14(21)19(13)25(12)20/h2-7,10-11,16H,8-9H2,1H3,(H,26,27)/t16-/m0/s1. The van der Waals surface area contributed by atoms with Gasteiger partial charge in [0.1, 0.15) is 11.9 Å². The predicted molar refractivity (Wildman–Crippen MR) is 103 cm³/mol. The van der Waals surface area contributed by atoms with E-state index in [0.29, 0.717) is 28.7 Å². The number of pyridine rings is 1. The van der Waals surface area contributed by atoms with Gasteiger partial charge in [-0.3, -0.25) is 19.3 Å². The predicted octanol–water partition coefficient (Wildman–Crippen LogP) is 3.99. The number of nitrogens with zero attached hydrogens (tertiary/aromatic N) is 4. The van der Waals surface area contributed by atoms with E-state index < -0.39 is 12.0 Å². The van der Waals surface area contributed by atoms with Crippen molar-refractivity contribution >= 4 is 23.3 Å². The topological polar surface area (TPSA) is 80.4 Å². The van der Waals surface area contributed by atoms with Gasteiger partial charge < -0.3 is 5.11 Å². The molecule has 136 valence electrons. The van der Waals surface area contributed by atoms with Crippen LogP contribution in [-0.4, -0.2) is 31.3 Å². The van der Waals surface area contributed by atoms with Crippen LogP contribution in [-0.2, 0) is 4.79 Å². The Kier molecular flexibility index (Phi) is 4.49. The zero-order chi connectivity index (χ0) is 19.0. The van der Waals surface area contributed by atoms with Gasteiger partial charge in [0.25, 0.3) is 0 Å². The van der Waals surface area contributed by atoms with Crippen LogP contribution < -0.4 is 0 Å². The molecule has 3 heterocycles. The van der Waals surface area contributed by atoms with E-state index in [1.54, 1.807) is 12.4 Å². The molecule has 0 unspecified atom stereocenters. The van der Waals surface area contributed by atoms with Crippen LogP contribution in [0.3, 0.4) is 0 Å². The van der Waals surface area contributed by atoms with Crippen molar-refractivity contribution in [2.75, 3.05) is 0 Å². The SMILES string of the molecule is Cc1cnc2n1-c1c(Cl)cccc1C(c1ccccn1)=N[C@H]2CCC(=O)O. The largest absolute Gasteiger partial charge is 0.481 e. The zero-order valence-electron chi connectivity index (χ0n) is 14.6. The van der Waals surface area contributed by atoms with Crippen LogP contribution in [0.1, 0.15) is 41.7 Å². The number of fused-ring (bicyclic) bond motifs is 3. The van der Waals surface area contributed by atoms with Gasteiger partial charge in [0, 0.05) is 30.1 Å². The summed E-state index contributed by atoms with van der Waals surface area (Å²) in [5.74, 6) is -0.173. The normalized spacial score (nSPS) is 15.5. The Morgan fingerprint density at radius 2 is 2.07 bits per heavy atom. The summed E-state index contributed by atoms with van der Waals surface area (Å²) in [5, 5.41) is 9.74. The first-order valence-electron chi connectivity index (χ1n) is 8.60. The van der Waals surface area contributed by atoms with Crippen molar-refractivity contribution in [3.05, 3.63) is 76.6 Å². The fraction of sp³-hybridized carbons (Fsp3) is 0.200. The highest BCUT2D eigenvalue weighted by molar-refractivity contribution is 6.33. The number of rotatable bonds is 4. The lowest BCUT2D eigenvalue weighted by Gasteiger charge is -2.15. The van der Waals surface area contributed by atoms with Crippen LogP contribution in [0.4, 0.5) is 0 Å². The Balaban J connectivity index is 1.99. The first kappa shape index (κ1) is 17.4. The second kappa shape index (κ2) is 6.96. The highest BCUT2D eigenvalue weighted by Gasteiger charge is 2.29. The summed E-state index contributed by atoms with van der Waals surface area (Å²) in [4.78, 5) is 25.0. The van der Waals surface area contributed by atoms with Crippen LogP contribution in [0.5, 0.6) is 0 Å². The van der Waals surface area contributed by atoms with Crippen LogP contribution >= 0.6 is 11.6 Å². The van der Waals surface area contributed by atoms with Gasteiger partial charge >= 0.3 is 5.97 Å². The molecule has 0 saturated heterocycles. The number of carbonyl (C=O) groups is 1. The summed E-state index contributed by atoms with van der Waals surface area (Å²) in [7, 11) is 0. The molecule has 7 heteroatoms. The molecule has 1 N–H and O–H groups in total. The lowest BCUT2D eigenvalue weighted by atomic mass is 10.0. The third-order valence-corrected chi connectivity index (χ3v) is 4.86. The van der Waals surface area contributed by atoms with Gasteiger partial charge in [-0.1, -0.05) is 29.8 Å². The lowest BCUT2D eigenvalue weighted by Crippen LogP contribution is -2.09. The minimum Gasteiger partial charge on any atom is -0.481 e. The van der Waals surface area contributed by atoms with Gasteiger partial charge in [0.2, 0.25) is 0 Å². The van der Waals surface area contributed by atoms with E-state index in [1.807, 2.05) is 47.9 Å². The minimum atomic E-state index is -0.862. The minimum absolute atomic E-state index is 0.000347. The zero-order valence-corrected chi connectivity index (χ0v) is 15.4. The van der Waals surface area contributed by atoms with E-state index in [4.69, 9.17) is 21.7 Å². The molecule has 6 nitrogen and oxygen atoms in total. The van der Waals surface area contributed by atoms with Crippen molar-refractivity contribution in [1.29, 1.82) is 0 Å². The van der Waals surface area contributed by atoms with Crippen molar-refractivity contribution in [2.45, 2.75) is 25.8 Å². The maximum absolute atomic E-state index is 11.2. The second-order valence-corrected chi connectivity index (χ2v) is 6.78. The Bertz CT molecular complexity index is 1040. The van der Waals surface area contributed by atoms with Crippen molar-refractivity contribution < 1.29 is 9.90 Å². The number of aryl methyl sites for hydroxylation is 1. The number of carboxylic acid groups (broad SMARTS) is 1. The van der Waals surface area contributed by atoms with Crippen molar-refractivity contribution in [3.8, 4) is 5.69 Å². The molecule has 4 rings (SSSR count). The average molecular weight is 381 g/mol. The molecular formula is C20H17ClN4O2. The van der Waals surface area contributed by atoms with Crippen LogP contribution in [0.2, 0.25) is 5.02 Å². The molecule has 0 amide bonds. The fourth-order valence-corrected chi connectivity index (χ4v) is 3.62. The first-order valence-corrected chi connectivity index (χ1v) is 8.98. The fourth-order valence-electron chi connectivity index (χ4n) is 3.36. The van der Waals surface area contributed by atoms with E-state index in [0.717, 1.165) is 16.9 Å². The Morgan fingerprint density at radius 3 is 2.81 bits per heavy atom. The van der Waals surface area contributed by atoms with Crippen molar-refractivity contribution in [1.82, 2.24) is 14.5 Å². The van der Waals surface area contributed by atoms with E-state index in [9.17, 15) is 4.79 Å². The molecule has 0 saturated carbocycles. The average Bonchev–Trinajstić information content (AvgIpc) is 2.96. The number of hydrogen-bond donors (Lipinski definition) is 1. The van der Waals surface area contributed by atoms with E-state index in [-0.39, 0.29) is 6.42 Å². The van der Waals surface area contributed by atoms with Gasteiger partial charge in [-0.25, -0.2) is 4.98 Å². The molecule has 2 aromatic heterocycles. The number of carboxylic acids is 1. The molecule has 3 aromatic rings. The molecule has 1 aliphatic rings. The third-order valence-electron chi connectivity index (χ3n) is 4.55. The highest BCUT2D eigenvalue weighted by atomic mass is 35.5. The first-order chi connectivity index (χ1) is 13.1. The summed E-state index contributed by atoms with van der Waals surface area (Å²) < 4.78 is 1.98. The molecule has 0 bridgehead atoms. The van der Waals surface area contributed by atoms with Crippen molar-refractivity contribution in [2.24, 2.45) is 4.99 Å². The molecule has 1 aliphatic heterocycles. The number of halogens is 1. The summed E-state index contributed by atoms with van der Waals surface area (Å²) in [6, 6.07) is 10.9. The Morgan fingerprint density at radius 1 is 1.22 bits per heavy atom. The van der Waals surface area contributed by atoms with Gasteiger partial charge in [-0.2, -0.15) is 0 Å². The summed E-state index contributed by atoms with van der Waals surface area (Å²) >= 11 is 6.58. The summed E-state index contributed by atoms with van der Waals surface area (Å²) in [6.07, 6.45) is 3.81. The number of aliphatic carboxylic acids is 1. The van der Waals surface area contributed by atoms with Crippen molar-refractivity contribution in [3.63, 3.8) is 0 Å². The number of benzene rings is 1. The number of imidazole rings is 1. The van der Waals surface area contributed by atoms with E-state index in [2.05, 4.69) is 9.97 Å². The monoisotopic (exact) mass is 380 g/mol. The Labute approximate surface area is 161 Å². The van der Waals surface area contributed by atoms with Crippen LogP contribution in [0.25, 0.3) is 5.69 Å². The smallest absolute Gasteiger partial charge is 0.303 e. The quantitative estimate of drug-likeness (QED) is 0.742. The molecule has 1 aromatic carbocycles. The van der Waals surface area contributed by atoms with Gasteiger partial charge in [-0.05, 0) is 31.5 Å².